The van der Waals surface area contributed by atoms with Gasteiger partial charge in [-0.1, -0.05) is 18.2 Å². The molecule has 0 aromatic heterocycles. The summed E-state index contributed by atoms with van der Waals surface area (Å²) in [5, 5.41) is 2.62. The molecule has 1 aliphatic rings. The summed E-state index contributed by atoms with van der Waals surface area (Å²) in [5.41, 5.74) is 1.58. The Balaban J connectivity index is 1.91. The molecule has 0 unspecified atom stereocenters. The van der Waals surface area contributed by atoms with E-state index in [1.165, 1.54) is 29.6 Å². The number of carbonyl (C=O) groups excluding carboxylic acids is 2. The molecule has 1 aliphatic heterocycles. The molecule has 0 saturated heterocycles. The molecule has 0 saturated carbocycles. The van der Waals surface area contributed by atoms with Crippen LogP contribution in [-0.2, 0) is 26.0 Å². The van der Waals surface area contributed by atoms with Gasteiger partial charge in [0.2, 0.25) is 0 Å². The summed E-state index contributed by atoms with van der Waals surface area (Å²) in [6, 6.07) is 11.3. The standard InChI is InChI=1S/C22H26N2O6S/c1-15(2)23-21(25)14-30-22(26)17-10-11-19(29-3)20(13-17)31(27,28)24-12-6-8-16-7-4-5-9-18(16)24/h4-5,7,9-11,13,15H,6,8,12,14H2,1-3H3,(H,23,25). The van der Waals surface area contributed by atoms with Crippen molar-refractivity contribution in [3.63, 3.8) is 0 Å². The molecule has 0 radical (unpaired) electrons. The minimum atomic E-state index is -4.00. The molecule has 1 amide bonds. The van der Waals surface area contributed by atoms with Crippen LogP contribution < -0.4 is 14.4 Å². The van der Waals surface area contributed by atoms with Crippen molar-refractivity contribution in [3.05, 3.63) is 53.6 Å². The zero-order valence-corrected chi connectivity index (χ0v) is 18.6. The third-order valence-corrected chi connectivity index (χ3v) is 6.65. The molecule has 166 valence electrons. The van der Waals surface area contributed by atoms with Crippen molar-refractivity contribution in [1.82, 2.24) is 5.32 Å². The molecular weight excluding hydrogens is 420 g/mol. The molecule has 9 heteroatoms. The summed E-state index contributed by atoms with van der Waals surface area (Å²) in [6.07, 6.45) is 1.48. The molecule has 2 aromatic carbocycles. The number of fused-ring (bicyclic) bond motifs is 1. The number of hydrogen-bond acceptors (Lipinski definition) is 6. The fraction of sp³-hybridized carbons (Fsp3) is 0.364. The number of para-hydroxylation sites is 1. The highest BCUT2D eigenvalue weighted by Crippen LogP contribution is 2.35. The third kappa shape index (κ3) is 4.99. The van der Waals surface area contributed by atoms with Crippen molar-refractivity contribution >= 4 is 27.6 Å². The Morgan fingerprint density at radius 2 is 1.90 bits per heavy atom. The fourth-order valence-corrected chi connectivity index (χ4v) is 5.18. The van der Waals surface area contributed by atoms with E-state index in [0.29, 0.717) is 18.7 Å². The summed E-state index contributed by atoms with van der Waals surface area (Å²) < 4.78 is 38.7. The molecule has 0 spiro atoms. The van der Waals surface area contributed by atoms with E-state index in [0.717, 1.165) is 12.0 Å². The Kier molecular flexibility index (Phi) is 6.84. The average molecular weight is 447 g/mol. The lowest BCUT2D eigenvalue weighted by atomic mass is 10.0. The normalized spacial score (nSPS) is 13.5. The summed E-state index contributed by atoms with van der Waals surface area (Å²) in [7, 11) is -2.63. The van der Waals surface area contributed by atoms with Crippen LogP contribution in [0.1, 0.15) is 36.2 Å². The zero-order valence-electron chi connectivity index (χ0n) is 17.8. The number of methoxy groups -OCH3 is 1. The first-order valence-corrected chi connectivity index (χ1v) is 11.4. The smallest absolute Gasteiger partial charge is 0.338 e. The number of nitrogens with one attached hydrogen (secondary N) is 1. The second-order valence-corrected chi connectivity index (χ2v) is 9.30. The first kappa shape index (κ1) is 22.6. The lowest BCUT2D eigenvalue weighted by Gasteiger charge is -2.30. The largest absolute Gasteiger partial charge is 0.495 e. The SMILES string of the molecule is COc1ccc(C(=O)OCC(=O)NC(C)C)cc1S(=O)(=O)N1CCCc2ccccc21. The maximum atomic E-state index is 13.5. The van der Waals surface area contributed by atoms with Crippen molar-refractivity contribution in [2.24, 2.45) is 0 Å². The van der Waals surface area contributed by atoms with Crippen LogP contribution in [0.5, 0.6) is 5.75 Å². The predicted molar refractivity (Wildman–Crippen MR) is 116 cm³/mol. The number of aryl methyl sites for hydroxylation is 1. The third-order valence-electron chi connectivity index (χ3n) is 4.82. The molecule has 0 atom stereocenters. The summed E-state index contributed by atoms with van der Waals surface area (Å²) >= 11 is 0. The summed E-state index contributed by atoms with van der Waals surface area (Å²) in [5.74, 6) is -1.11. The lowest BCUT2D eigenvalue weighted by Crippen LogP contribution is -2.36. The minimum absolute atomic E-state index is 0.0158. The van der Waals surface area contributed by atoms with Crippen LogP contribution in [0.2, 0.25) is 0 Å². The van der Waals surface area contributed by atoms with Gasteiger partial charge in [0.25, 0.3) is 15.9 Å². The number of hydrogen-bond donors (Lipinski definition) is 1. The highest BCUT2D eigenvalue weighted by atomic mass is 32.2. The molecular formula is C22H26N2O6S. The first-order chi connectivity index (χ1) is 14.7. The first-order valence-electron chi connectivity index (χ1n) is 9.99. The van der Waals surface area contributed by atoms with Gasteiger partial charge in [-0.05, 0) is 56.5 Å². The van der Waals surface area contributed by atoms with Crippen LogP contribution in [0.25, 0.3) is 0 Å². The van der Waals surface area contributed by atoms with E-state index in [4.69, 9.17) is 9.47 Å². The van der Waals surface area contributed by atoms with Crippen molar-refractivity contribution in [2.45, 2.75) is 37.6 Å². The summed E-state index contributed by atoms with van der Waals surface area (Å²) in [6.45, 7) is 3.45. The highest BCUT2D eigenvalue weighted by molar-refractivity contribution is 7.93. The molecule has 2 aromatic rings. The molecule has 0 aliphatic carbocycles. The molecule has 0 bridgehead atoms. The van der Waals surface area contributed by atoms with Gasteiger partial charge in [-0.25, -0.2) is 13.2 Å². The van der Waals surface area contributed by atoms with E-state index < -0.39 is 28.5 Å². The Morgan fingerprint density at radius 3 is 2.61 bits per heavy atom. The Morgan fingerprint density at radius 1 is 1.16 bits per heavy atom. The number of anilines is 1. The number of amides is 1. The van der Waals surface area contributed by atoms with Crippen LogP contribution >= 0.6 is 0 Å². The van der Waals surface area contributed by atoms with Gasteiger partial charge in [0, 0.05) is 12.6 Å². The number of nitrogens with zero attached hydrogens (tertiary/aromatic N) is 1. The Labute approximate surface area is 182 Å². The molecule has 1 N–H and O–H groups in total. The van der Waals surface area contributed by atoms with Gasteiger partial charge >= 0.3 is 5.97 Å². The van der Waals surface area contributed by atoms with E-state index in [1.54, 1.807) is 26.0 Å². The van der Waals surface area contributed by atoms with Crippen LogP contribution in [0.4, 0.5) is 5.69 Å². The average Bonchev–Trinajstić information content (AvgIpc) is 2.76. The monoisotopic (exact) mass is 446 g/mol. The maximum Gasteiger partial charge on any atom is 0.338 e. The van der Waals surface area contributed by atoms with Gasteiger partial charge < -0.3 is 14.8 Å². The van der Waals surface area contributed by atoms with Gasteiger partial charge in [-0.15, -0.1) is 0 Å². The summed E-state index contributed by atoms with van der Waals surface area (Å²) in [4.78, 5) is 24.0. The predicted octanol–water partition coefficient (Wildman–Crippen LogP) is 2.52. The van der Waals surface area contributed by atoms with Crippen molar-refractivity contribution < 1.29 is 27.5 Å². The highest BCUT2D eigenvalue weighted by Gasteiger charge is 2.32. The molecule has 0 fully saturated rings. The van der Waals surface area contributed by atoms with Gasteiger partial charge in [0.05, 0.1) is 18.4 Å². The molecule has 31 heavy (non-hydrogen) atoms. The molecule has 1 heterocycles. The Hall–Kier alpha value is -3.07. The van der Waals surface area contributed by atoms with Crippen molar-refractivity contribution in [3.8, 4) is 5.75 Å². The number of benzene rings is 2. The van der Waals surface area contributed by atoms with Crippen molar-refractivity contribution in [2.75, 3.05) is 24.6 Å². The van der Waals surface area contributed by atoms with E-state index in [-0.39, 0.29) is 22.3 Å². The number of rotatable bonds is 7. The molecule has 8 nitrogen and oxygen atoms in total. The maximum absolute atomic E-state index is 13.5. The van der Waals surface area contributed by atoms with Gasteiger partial charge in [-0.2, -0.15) is 0 Å². The van der Waals surface area contributed by atoms with E-state index in [1.807, 2.05) is 12.1 Å². The van der Waals surface area contributed by atoms with Crippen LogP contribution in [0.3, 0.4) is 0 Å². The van der Waals surface area contributed by atoms with Crippen LogP contribution in [-0.4, -0.2) is 46.6 Å². The topological polar surface area (TPSA) is 102 Å². The van der Waals surface area contributed by atoms with Gasteiger partial charge in [0.15, 0.2) is 6.61 Å². The second kappa shape index (κ2) is 9.38. The Bertz CT molecular complexity index is 1080. The van der Waals surface area contributed by atoms with Gasteiger partial charge in [-0.3, -0.25) is 9.10 Å². The van der Waals surface area contributed by atoms with E-state index in [9.17, 15) is 18.0 Å². The van der Waals surface area contributed by atoms with E-state index >= 15 is 0 Å². The minimum Gasteiger partial charge on any atom is -0.495 e. The number of esters is 1. The zero-order chi connectivity index (χ0) is 22.6. The van der Waals surface area contributed by atoms with Crippen molar-refractivity contribution in [1.29, 1.82) is 0 Å². The fourth-order valence-electron chi connectivity index (χ4n) is 3.45. The van der Waals surface area contributed by atoms with Crippen LogP contribution in [0.15, 0.2) is 47.4 Å². The number of sulfonamides is 1. The number of carbonyl (C=O) groups is 2. The molecule has 3 rings (SSSR count). The van der Waals surface area contributed by atoms with Crippen LogP contribution in [0, 0.1) is 0 Å². The van der Waals surface area contributed by atoms with E-state index in [2.05, 4.69) is 5.32 Å². The lowest BCUT2D eigenvalue weighted by molar-refractivity contribution is -0.124. The quantitative estimate of drug-likeness (QED) is 0.656. The second-order valence-electron chi connectivity index (χ2n) is 7.47. The number of ether oxygens (including phenoxy) is 2. The van der Waals surface area contributed by atoms with Gasteiger partial charge in [0.1, 0.15) is 10.6 Å².